The highest BCUT2D eigenvalue weighted by Gasteiger charge is 2.36. The average Bonchev–Trinajstić information content (AvgIpc) is 2.75. The van der Waals surface area contributed by atoms with Crippen molar-refractivity contribution in [2.75, 3.05) is 7.11 Å². The number of ketones is 1. The number of hydrogen-bond donors (Lipinski definition) is 2. The number of Topliss-reactive ketones (excluding diaryl/α,β-unsaturated/α-hetero) is 1. The minimum Gasteiger partial charge on any atom is -0.493 e. The summed E-state index contributed by atoms with van der Waals surface area (Å²) < 4.78 is 11.2. The van der Waals surface area contributed by atoms with Crippen molar-refractivity contribution in [3.63, 3.8) is 0 Å². The molecule has 0 saturated carbocycles. The highest BCUT2D eigenvalue weighted by Crippen LogP contribution is 2.41. The molecule has 0 amide bonds. The lowest BCUT2D eigenvalue weighted by atomic mass is 9.91. The zero-order chi connectivity index (χ0) is 22.7. The fourth-order valence-corrected chi connectivity index (χ4v) is 3.66. The Labute approximate surface area is 184 Å². The Hall–Kier alpha value is -3.50. The molecule has 1 heterocycles. The number of thiocarbonyl (C=S) groups is 1. The van der Waals surface area contributed by atoms with Gasteiger partial charge < -0.3 is 14.8 Å². The summed E-state index contributed by atoms with van der Waals surface area (Å²) in [6.45, 7) is 3.21. The summed E-state index contributed by atoms with van der Waals surface area (Å²) in [5, 5.41) is 16.1. The van der Waals surface area contributed by atoms with Crippen LogP contribution < -0.4 is 20.6 Å². The molecule has 31 heavy (non-hydrogen) atoms. The molecule has 0 radical (unpaired) electrons. The van der Waals surface area contributed by atoms with Gasteiger partial charge in [-0.2, -0.15) is 0 Å². The summed E-state index contributed by atoms with van der Waals surface area (Å²) in [6.07, 6.45) is 0. The number of allylic oxidation sites excluding steroid dienone is 1. The number of hydrazine groups is 1. The van der Waals surface area contributed by atoms with Gasteiger partial charge in [-0.15, -0.1) is 0 Å². The molecule has 0 fully saturated rings. The van der Waals surface area contributed by atoms with E-state index in [0.29, 0.717) is 11.4 Å². The first-order valence-corrected chi connectivity index (χ1v) is 9.75. The number of nitro groups is 1. The van der Waals surface area contributed by atoms with Gasteiger partial charge in [0.1, 0.15) is 6.61 Å². The van der Waals surface area contributed by atoms with E-state index in [4.69, 9.17) is 27.5 Å². The first kappa shape index (κ1) is 22.2. The van der Waals surface area contributed by atoms with Crippen molar-refractivity contribution in [1.29, 1.82) is 0 Å². The number of nitrogens with one attached hydrogen (secondary N) is 1. The third-order valence-electron chi connectivity index (χ3n) is 4.96. The first-order valence-electron chi connectivity index (χ1n) is 9.34. The molecular weight excluding hydrogens is 420 g/mol. The zero-order valence-corrected chi connectivity index (χ0v) is 18.1. The smallest absolute Gasteiger partial charge is 0.279 e. The third-order valence-corrected chi connectivity index (χ3v) is 5.28. The van der Waals surface area contributed by atoms with E-state index >= 15 is 0 Å². The molecule has 9 nitrogen and oxygen atoms in total. The van der Waals surface area contributed by atoms with Crippen molar-refractivity contribution in [2.45, 2.75) is 26.5 Å². The van der Waals surface area contributed by atoms with Crippen molar-refractivity contribution in [3.8, 4) is 11.5 Å². The third kappa shape index (κ3) is 4.49. The number of nitrogens with two attached hydrogens (primary N) is 1. The predicted octanol–water partition coefficient (Wildman–Crippen LogP) is 3.15. The Balaban J connectivity index is 2.09. The molecule has 1 aliphatic rings. The minimum absolute atomic E-state index is 0.144. The summed E-state index contributed by atoms with van der Waals surface area (Å²) in [7, 11) is 1.44. The molecule has 0 unspecified atom stereocenters. The van der Waals surface area contributed by atoms with E-state index < -0.39 is 11.0 Å². The lowest BCUT2D eigenvalue weighted by Crippen LogP contribution is -2.50. The second-order valence-corrected chi connectivity index (χ2v) is 7.29. The van der Waals surface area contributed by atoms with Crippen molar-refractivity contribution in [1.82, 2.24) is 10.3 Å². The van der Waals surface area contributed by atoms with Crippen molar-refractivity contribution >= 4 is 28.8 Å². The first-order chi connectivity index (χ1) is 14.7. The Bertz CT molecular complexity index is 1070. The van der Waals surface area contributed by atoms with E-state index in [1.54, 1.807) is 6.92 Å². The molecule has 2 aromatic rings. The normalized spacial score (nSPS) is 16.1. The predicted molar refractivity (Wildman–Crippen MR) is 118 cm³/mol. The van der Waals surface area contributed by atoms with Crippen LogP contribution in [0.25, 0.3) is 0 Å². The number of nitrogens with zero attached hydrogens (tertiary/aromatic N) is 2. The summed E-state index contributed by atoms with van der Waals surface area (Å²) in [6, 6.07) is 11.3. The fourth-order valence-electron chi connectivity index (χ4n) is 3.41. The van der Waals surface area contributed by atoms with E-state index in [2.05, 4.69) is 5.32 Å². The van der Waals surface area contributed by atoms with Crippen LogP contribution in [0.3, 0.4) is 0 Å². The maximum atomic E-state index is 12.4. The average molecular weight is 442 g/mol. The molecular formula is C21H22N4O5S. The molecule has 1 aliphatic heterocycles. The number of carbonyl (C=O) groups is 1. The van der Waals surface area contributed by atoms with Gasteiger partial charge in [-0.05, 0) is 37.7 Å². The molecule has 10 heteroatoms. The molecule has 162 valence electrons. The molecule has 0 bridgehead atoms. The van der Waals surface area contributed by atoms with Crippen LogP contribution in [0.4, 0.5) is 5.69 Å². The molecule has 0 spiro atoms. The van der Waals surface area contributed by atoms with Gasteiger partial charge in [0.2, 0.25) is 0 Å². The Morgan fingerprint density at radius 1 is 1.29 bits per heavy atom. The van der Waals surface area contributed by atoms with Crippen LogP contribution in [0.2, 0.25) is 0 Å². The van der Waals surface area contributed by atoms with E-state index in [0.717, 1.165) is 5.56 Å². The summed E-state index contributed by atoms with van der Waals surface area (Å²) in [4.78, 5) is 23.7. The van der Waals surface area contributed by atoms with Gasteiger partial charge in [0.05, 0.1) is 29.7 Å². The van der Waals surface area contributed by atoms with Gasteiger partial charge in [-0.25, -0.2) is 5.84 Å². The quantitative estimate of drug-likeness (QED) is 0.288. The topological polar surface area (TPSA) is 120 Å². The van der Waals surface area contributed by atoms with E-state index in [1.165, 1.54) is 31.2 Å². The van der Waals surface area contributed by atoms with E-state index in [9.17, 15) is 14.9 Å². The fraction of sp³-hybridized carbons (Fsp3) is 0.238. The number of methoxy groups -OCH3 is 1. The highest BCUT2D eigenvalue weighted by atomic mass is 32.1. The number of hydrogen-bond acceptors (Lipinski definition) is 7. The molecule has 0 saturated heterocycles. The number of carbonyl (C=O) groups excluding carboxylic acids is 1. The van der Waals surface area contributed by atoms with E-state index in [1.807, 2.05) is 30.3 Å². The monoisotopic (exact) mass is 442 g/mol. The largest absolute Gasteiger partial charge is 0.493 e. The van der Waals surface area contributed by atoms with Crippen LogP contribution in [-0.2, 0) is 11.4 Å². The molecule has 1 atom stereocenters. The van der Waals surface area contributed by atoms with Crippen molar-refractivity contribution in [2.24, 2.45) is 5.84 Å². The Morgan fingerprint density at radius 3 is 2.55 bits per heavy atom. The molecule has 0 aliphatic carbocycles. The number of benzene rings is 2. The second-order valence-electron chi connectivity index (χ2n) is 6.90. The van der Waals surface area contributed by atoms with Crippen LogP contribution in [0, 0.1) is 10.1 Å². The zero-order valence-electron chi connectivity index (χ0n) is 17.2. The van der Waals surface area contributed by atoms with Gasteiger partial charge in [0.15, 0.2) is 22.4 Å². The molecule has 0 aromatic heterocycles. The van der Waals surface area contributed by atoms with Gasteiger partial charge in [0, 0.05) is 11.3 Å². The lowest BCUT2D eigenvalue weighted by Gasteiger charge is -2.34. The van der Waals surface area contributed by atoms with E-state index in [-0.39, 0.29) is 40.1 Å². The van der Waals surface area contributed by atoms with Gasteiger partial charge in [-0.3, -0.25) is 19.9 Å². The minimum atomic E-state index is -0.859. The molecule has 3 rings (SSSR count). The van der Waals surface area contributed by atoms with Crippen LogP contribution in [0.5, 0.6) is 11.5 Å². The van der Waals surface area contributed by atoms with Crippen molar-refractivity contribution in [3.05, 3.63) is 75.0 Å². The van der Waals surface area contributed by atoms with Gasteiger partial charge in [-0.1, -0.05) is 30.3 Å². The second kappa shape index (κ2) is 9.11. The lowest BCUT2D eigenvalue weighted by molar-refractivity contribution is -0.385. The van der Waals surface area contributed by atoms with Gasteiger partial charge in [0.25, 0.3) is 5.69 Å². The summed E-state index contributed by atoms with van der Waals surface area (Å²) in [5.41, 5.74) is 1.57. The maximum absolute atomic E-state index is 12.4. The van der Waals surface area contributed by atoms with Crippen LogP contribution in [0.1, 0.15) is 31.0 Å². The SMILES string of the molecule is COc1cc([C@H]2NC(=S)N(N)C(C)=C2C(C)=O)c([N+](=O)[O-])cc1OCc1ccccc1. The Morgan fingerprint density at radius 2 is 1.97 bits per heavy atom. The van der Waals surface area contributed by atoms with Crippen LogP contribution in [-0.4, -0.2) is 27.9 Å². The number of ether oxygens (including phenoxy) is 2. The van der Waals surface area contributed by atoms with Crippen LogP contribution >= 0.6 is 12.2 Å². The van der Waals surface area contributed by atoms with Crippen molar-refractivity contribution < 1.29 is 19.2 Å². The Kier molecular flexibility index (Phi) is 6.52. The highest BCUT2D eigenvalue weighted by molar-refractivity contribution is 7.80. The van der Waals surface area contributed by atoms with Gasteiger partial charge >= 0.3 is 0 Å². The summed E-state index contributed by atoms with van der Waals surface area (Å²) >= 11 is 5.23. The number of rotatable bonds is 7. The number of nitro benzene ring substituents is 1. The maximum Gasteiger partial charge on any atom is 0.279 e. The molecule has 2 aromatic carbocycles. The standard InChI is InChI=1S/C21H22N4O5S/c1-12-19(13(2)26)20(23-21(31)24(12)22)15-9-17(29-3)18(10-16(15)25(27)28)30-11-14-7-5-4-6-8-14/h4-10,20H,11,22H2,1-3H3,(H,23,31)/t20-/m1/s1. The molecule has 3 N–H and O–H groups in total. The summed E-state index contributed by atoms with van der Waals surface area (Å²) in [5.74, 6) is 6.12. The van der Waals surface area contributed by atoms with Crippen LogP contribution in [0.15, 0.2) is 53.7 Å².